The lowest BCUT2D eigenvalue weighted by molar-refractivity contribution is 0.0792. The summed E-state index contributed by atoms with van der Waals surface area (Å²) in [5.74, 6) is 0.826. The van der Waals surface area contributed by atoms with Crippen molar-refractivity contribution in [3.8, 4) is 0 Å². The largest absolute Gasteiger partial charge is 0.381 e. The van der Waals surface area contributed by atoms with Gasteiger partial charge >= 0.3 is 0 Å². The molecule has 0 unspecified atom stereocenters. The van der Waals surface area contributed by atoms with Crippen LogP contribution in [0.15, 0.2) is 11.2 Å². The number of ether oxygens (including phenoxy) is 2. The molecule has 1 aromatic carbocycles. The van der Waals surface area contributed by atoms with Crippen LogP contribution in [0.25, 0.3) is 0 Å². The highest BCUT2D eigenvalue weighted by Gasteiger charge is 2.26. The van der Waals surface area contributed by atoms with Crippen molar-refractivity contribution in [1.82, 2.24) is 14.8 Å². The quantitative estimate of drug-likeness (QED) is 0.369. The van der Waals surface area contributed by atoms with Gasteiger partial charge in [0, 0.05) is 38.8 Å². The second-order valence-electron chi connectivity index (χ2n) is 10.9. The van der Waals surface area contributed by atoms with E-state index in [1.165, 1.54) is 53.6 Å². The average Bonchev–Trinajstić information content (AvgIpc) is 3.51. The summed E-state index contributed by atoms with van der Waals surface area (Å²) >= 11 is 1.79. The Morgan fingerprint density at radius 3 is 2.45 bits per heavy atom. The van der Waals surface area contributed by atoms with E-state index in [9.17, 15) is 0 Å². The Hall–Kier alpha value is -1.35. The summed E-state index contributed by atoms with van der Waals surface area (Å²) in [6, 6.07) is 3.64. The SMILES string of the molecule is C[Si](C)(C)CCOCn1nc(SC2CCOCC2)nc1Nc1c2c(cc3c1CCC3)CCC2. The van der Waals surface area contributed by atoms with Crippen molar-refractivity contribution in [3.63, 3.8) is 0 Å². The van der Waals surface area contributed by atoms with E-state index >= 15 is 0 Å². The van der Waals surface area contributed by atoms with Crippen LogP contribution in [-0.4, -0.2) is 47.9 Å². The number of fused-ring (bicyclic) bond motifs is 2. The molecule has 0 amide bonds. The second kappa shape index (κ2) is 10.1. The van der Waals surface area contributed by atoms with E-state index in [1.54, 1.807) is 11.8 Å². The molecule has 2 aliphatic carbocycles. The van der Waals surface area contributed by atoms with Gasteiger partial charge in [0.15, 0.2) is 0 Å². The molecule has 180 valence electrons. The Bertz CT molecular complexity index is 950. The van der Waals surface area contributed by atoms with E-state index in [0.29, 0.717) is 12.0 Å². The van der Waals surface area contributed by atoms with Crippen LogP contribution < -0.4 is 5.32 Å². The minimum absolute atomic E-state index is 0.450. The number of aryl methyl sites for hydroxylation is 2. The third kappa shape index (κ3) is 5.66. The molecule has 1 fully saturated rings. The number of hydrogen-bond acceptors (Lipinski definition) is 6. The lowest BCUT2D eigenvalue weighted by Gasteiger charge is -2.19. The highest BCUT2D eigenvalue weighted by atomic mass is 32.2. The molecule has 0 spiro atoms. The lowest BCUT2D eigenvalue weighted by atomic mass is 9.99. The number of benzene rings is 1. The molecule has 0 radical (unpaired) electrons. The number of nitrogens with one attached hydrogen (secondary N) is 1. The van der Waals surface area contributed by atoms with E-state index in [0.717, 1.165) is 62.7 Å². The summed E-state index contributed by atoms with van der Waals surface area (Å²) < 4.78 is 13.6. The van der Waals surface area contributed by atoms with Gasteiger partial charge in [-0.2, -0.15) is 4.98 Å². The van der Waals surface area contributed by atoms with Crippen LogP contribution in [0.2, 0.25) is 25.7 Å². The van der Waals surface area contributed by atoms with Gasteiger partial charge in [-0.1, -0.05) is 37.5 Å². The molecule has 8 heteroatoms. The van der Waals surface area contributed by atoms with Crippen LogP contribution >= 0.6 is 11.8 Å². The smallest absolute Gasteiger partial charge is 0.228 e. The van der Waals surface area contributed by atoms with Crippen LogP contribution in [0, 0.1) is 0 Å². The van der Waals surface area contributed by atoms with Crippen LogP contribution in [0.3, 0.4) is 0 Å². The van der Waals surface area contributed by atoms with E-state index in [2.05, 4.69) is 31.0 Å². The molecule has 1 saturated heterocycles. The maximum absolute atomic E-state index is 6.09. The number of rotatable bonds is 9. The number of nitrogens with zero attached hydrogens (tertiary/aromatic N) is 3. The van der Waals surface area contributed by atoms with Crippen LogP contribution in [0.4, 0.5) is 11.6 Å². The van der Waals surface area contributed by atoms with Gasteiger partial charge in [0.05, 0.1) is 0 Å². The Labute approximate surface area is 203 Å². The third-order valence-electron chi connectivity index (χ3n) is 7.01. The maximum atomic E-state index is 6.09. The molecule has 2 heterocycles. The molecular weight excluding hydrogens is 448 g/mol. The van der Waals surface area contributed by atoms with Gasteiger partial charge in [-0.05, 0) is 79.7 Å². The first-order valence-corrected chi connectivity index (χ1v) is 17.3. The molecule has 0 atom stereocenters. The van der Waals surface area contributed by atoms with Gasteiger partial charge in [-0.3, -0.25) is 0 Å². The minimum Gasteiger partial charge on any atom is -0.381 e. The number of hydrogen-bond donors (Lipinski definition) is 1. The fraction of sp³-hybridized carbons (Fsp3) is 0.680. The molecule has 3 aliphatic rings. The molecule has 5 rings (SSSR count). The Morgan fingerprint density at radius 1 is 1.09 bits per heavy atom. The summed E-state index contributed by atoms with van der Waals surface area (Å²) in [7, 11) is -1.12. The summed E-state index contributed by atoms with van der Waals surface area (Å²) in [5.41, 5.74) is 7.39. The summed E-state index contributed by atoms with van der Waals surface area (Å²) in [6.45, 7) is 10.1. The molecule has 0 bridgehead atoms. The van der Waals surface area contributed by atoms with E-state index < -0.39 is 8.07 Å². The number of aromatic nitrogens is 3. The fourth-order valence-corrected chi connectivity index (χ4v) is 6.87. The average molecular weight is 487 g/mol. The minimum atomic E-state index is -1.12. The standard InChI is InChI=1S/C25H38N4O2SSi/c1-33(2,3)15-14-31-17-29-24(27-25(28-29)32-20-10-12-30-13-11-20)26-23-21-8-4-6-18(21)16-19-7-5-9-22(19)23/h16,20H,4-15,17H2,1-3H3,(H,26,27,28). The fourth-order valence-electron chi connectivity index (χ4n) is 5.10. The molecule has 1 N–H and O–H groups in total. The van der Waals surface area contributed by atoms with E-state index in [4.69, 9.17) is 19.6 Å². The first-order valence-electron chi connectivity index (χ1n) is 12.7. The Balaban J connectivity index is 1.38. The molecule has 1 aromatic heterocycles. The van der Waals surface area contributed by atoms with Gasteiger partial charge in [-0.15, -0.1) is 5.10 Å². The monoisotopic (exact) mass is 486 g/mol. The molecule has 33 heavy (non-hydrogen) atoms. The molecule has 1 aliphatic heterocycles. The van der Waals surface area contributed by atoms with Gasteiger partial charge in [0.25, 0.3) is 0 Å². The van der Waals surface area contributed by atoms with Gasteiger partial charge in [-0.25, -0.2) is 4.68 Å². The zero-order valence-electron chi connectivity index (χ0n) is 20.4. The summed E-state index contributed by atoms with van der Waals surface area (Å²) in [4.78, 5) is 4.97. The molecule has 2 aromatic rings. The summed E-state index contributed by atoms with van der Waals surface area (Å²) in [6.07, 6.45) is 9.37. The van der Waals surface area contributed by atoms with Crippen molar-refractivity contribution in [1.29, 1.82) is 0 Å². The van der Waals surface area contributed by atoms with Crippen molar-refractivity contribution in [2.24, 2.45) is 0 Å². The first kappa shape index (κ1) is 23.4. The molecule has 0 saturated carbocycles. The van der Waals surface area contributed by atoms with Crippen molar-refractivity contribution in [2.45, 2.75) is 94.2 Å². The maximum Gasteiger partial charge on any atom is 0.228 e. The predicted molar refractivity (Wildman–Crippen MR) is 138 cm³/mol. The highest BCUT2D eigenvalue weighted by molar-refractivity contribution is 7.99. The van der Waals surface area contributed by atoms with Crippen LogP contribution in [0.5, 0.6) is 0 Å². The third-order valence-corrected chi connectivity index (χ3v) is 9.91. The molecular formula is C25H38N4O2SSi. The molecule has 6 nitrogen and oxygen atoms in total. The van der Waals surface area contributed by atoms with Crippen molar-refractivity contribution >= 4 is 31.5 Å². The number of anilines is 2. The highest BCUT2D eigenvalue weighted by Crippen LogP contribution is 2.40. The van der Waals surface area contributed by atoms with Crippen molar-refractivity contribution in [3.05, 3.63) is 28.3 Å². The van der Waals surface area contributed by atoms with Crippen molar-refractivity contribution in [2.75, 3.05) is 25.1 Å². The van der Waals surface area contributed by atoms with Crippen LogP contribution in [0.1, 0.15) is 47.9 Å². The van der Waals surface area contributed by atoms with Gasteiger partial charge in [0.1, 0.15) is 6.73 Å². The normalized spacial score (nSPS) is 18.5. The van der Waals surface area contributed by atoms with Crippen LogP contribution in [-0.2, 0) is 41.9 Å². The van der Waals surface area contributed by atoms with Gasteiger partial charge < -0.3 is 14.8 Å². The topological polar surface area (TPSA) is 61.2 Å². The summed E-state index contributed by atoms with van der Waals surface area (Å²) in [5, 5.41) is 10.0. The lowest BCUT2D eigenvalue weighted by Crippen LogP contribution is -2.22. The zero-order valence-corrected chi connectivity index (χ0v) is 22.2. The van der Waals surface area contributed by atoms with E-state index in [1.807, 2.05) is 4.68 Å². The van der Waals surface area contributed by atoms with Gasteiger partial charge in [0.2, 0.25) is 11.1 Å². The first-order chi connectivity index (χ1) is 16.0. The number of thioether (sulfide) groups is 1. The van der Waals surface area contributed by atoms with E-state index in [-0.39, 0.29) is 0 Å². The Kier molecular flexibility index (Phi) is 7.16. The van der Waals surface area contributed by atoms with Crippen molar-refractivity contribution < 1.29 is 9.47 Å². The second-order valence-corrected chi connectivity index (χ2v) is 17.7. The Morgan fingerprint density at radius 2 is 1.79 bits per heavy atom. The predicted octanol–water partition coefficient (Wildman–Crippen LogP) is 5.58. The zero-order chi connectivity index (χ0) is 22.8.